The molecule has 3 nitrogen and oxygen atoms in total. The first-order valence-corrected chi connectivity index (χ1v) is 5.12. The molecule has 0 saturated heterocycles. The lowest BCUT2D eigenvalue weighted by Crippen LogP contribution is -1.85. The van der Waals surface area contributed by atoms with E-state index in [9.17, 15) is 5.11 Å². The number of methoxy groups -OCH3 is 1. The molecule has 3 heteroatoms. The Morgan fingerprint density at radius 3 is 2.29 bits per heavy atom. The molecule has 17 heavy (non-hydrogen) atoms. The van der Waals surface area contributed by atoms with Crippen molar-refractivity contribution in [3.8, 4) is 28.7 Å². The van der Waals surface area contributed by atoms with Crippen molar-refractivity contribution in [3.05, 3.63) is 48.0 Å². The third kappa shape index (κ3) is 2.21. The third-order valence-corrected chi connectivity index (χ3v) is 2.53. The highest BCUT2D eigenvalue weighted by atomic mass is 16.5. The average Bonchev–Trinajstić information content (AvgIpc) is 2.39. The van der Waals surface area contributed by atoms with Gasteiger partial charge in [-0.15, -0.1) is 0 Å². The molecule has 1 N–H and O–H groups in total. The lowest BCUT2D eigenvalue weighted by molar-refractivity contribution is 0.373. The van der Waals surface area contributed by atoms with Gasteiger partial charge in [0.1, 0.15) is 0 Å². The van der Waals surface area contributed by atoms with E-state index >= 15 is 0 Å². The molecule has 0 radical (unpaired) electrons. The predicted octanol–water partition coefficient (Wildman–Crippen LogP) is 2.94. The van der Waals surface area contributed by atoms with Crippen LogP contribution in [0, 0.1) is 11.3 Å². The highest BCUT2D eigenvalue weighted by molar-refractivity contribution is 5.67. The van der Waals surface area contributed by atoms with Crippen molar-refractivity contribution in [2.45, 2.75) is 0 Å². The number of phenolic OH excluding ortho intramolecular Hbond substituents is 1. The van der Waals surface area contributed by atoms with E-state index in [0.29, 0.717) is 11.3 Å². The number of nitriles is 1. The van der Waals surface area contributed by atoms with Crippen molar-refractivity contribution in [1.82, 2.24) is 0 Å². The first kappa shape index (κ1) is 11.0. The van der Waals surface area contributed by atoms with E-state index in [0.717, 1.165) is 11.1 Å². The SMILES string of the molecule is COc1cc(-c2ccc(C#N)cc2)ccc1O. The molecule has 0 aliphatic rings. The van der Waals surface area contributed by atoms with Gasteiger partial charge in [-0.2, -0.15) is 5.26 Å². The molecule has 0 atom stereocenters. The van der Waals surface area contributed by atoms with Crippen LogP contribution in [-0.4, -0.2) is 12.2 Å². The Bertz CT molecular complexity index is 568. The summed E-state index contributed by atoms with van der Waals surface area (Å²) in [7, 11) is 1.51. The third-order valence-electron chi connectivity index (χ3n) is 2.53. The number of phenols is 1. The molecule has 0 aromatic heterocycles. The standard InChI is InChI=1S/C14H11NO2/c1-17-14-8-12(6-7-13(14)16)11-4-2-10(9-15)3-5-11/h2-8,16H,1H3. The first-order chi connectivity index (χ1) is 8.24. The van der Waals surface area contributed by atoms with Crippen molar-refractivity contribution in [2.75, 3.05) is 7.11 Å². The van der Waals surface area contributed by atoms with Gasteiger partial charge in [-0.05, 0) is 35.4 Å². The molecular formula is C14H11NO2. The van der Waals surface area contributed by atoms with E-state index in [1.165, 1.54) is 7.11 Å². The van der Waals surface area contributed by atoms with Crippen LogP contribution in [0.4, 0.5) is 0 Å². The normalized spacial score (nSPS) is 9.65. The number of hydrogen-bond acceptors (Lipinski definition) is 3. The molecule has 0 fully saturated rings. The quantitative estimate of drug-likeness (QED) is 0.854. The molecule has 0 amide bonds. The maximum atomic E-state index is 9.50. The molecule has 0 heterocycles. The summed E-state index contributed by atoms with van der Waals surface area (Å²) in [6.07, 6.45) is 0. The molecular weight excluding hydrogens is 214 g/mol. The minimum Gasteiger partial charge on any atom is -0.504 e. The minimum absolute atomic E-state index is 0.116. The lowest BCUT2D eigenvalue weighted by atomic mass is 10.0. The minimum atomic E-state index is 0.116. The molecule has 84 valence electrons. The molecule has 2 aromatic rings. The van der Waals surface area contributed by atoms with E-state index < -0.39 is 0 Å². The molecule has 0 bridgehead atoms. The Balaban J connectivity index is 2.42. The van der Waals surface area contributed by atoms with E-state index in [-0.39, 0.29) is 5.75 Å². The van der Waals surface area contributed by atoms with Gasteiger partial charge in [0.05, 0.1) is 18.7 Å². The summed E-state index contributed by atoms with van der Waals surface area (Å²) in [5.41, 5.74) is 2.53. The van der Waals surface area contributed by atoms with Crippen molar-refractivity contribution in [2.24, 2.45) is 0 Å². The van der Waals surface area contributed by atoms with Gasteiger partial charge in [-0.1, -0.05) is 18.2 Å². The lowest BCUT2D eigenvalue weighted by Gasteiger charge is -2.06. The molecule has 0 spiro atoms. The van der Waals surface area contributed by atoms with Gasteiger partial charge in [0, 0.05) is 0 Å². The van der Waals surface area contributed by atoms with Crippen LogP contribution in [0.2, 0.25) is 0 Å². The fourth-order valence-electron chi connectivity index (χ4n) is 1.59. The molecule has 2 aromatic carbocycles. The number of rotatable bonds is 2. The number of benzene rings is 2. The smallest absolute Gasteiger partial charge is 0.161 e. The largest absolute Gasteiger partial charge is 0.504 e. The van der Waals surface area contributed by atoms with Crippen molar-refractivity contribution < 1.29 is 9.84 Å². The predicted molar refractivity (Wildman–Crippen MR) is 64.8 cm³/mol. The molecule has 0 aliphatic carbocycles. The van der Waals surface area contributed by atoms with Gasteiger partial charge in [-0.3, -0.25) is 0 Å². The van der Waals surface area contributed by atoms with E-state index in [2.05, 4.69) is 6.07 Å². The summed E-state index contributed by atoms with van der Waals surface area (Å²) in [4.78, 5) is 0. The fraction of sp³-hybridized carbons (Fsp3) is 0.0714. The van der Waals surface area contributed by atoms with Crippen molar-refractivity contribution in [1.29, 1.82) is 5.26 Å². The summed E-state index contributed by atoms with van der Waals surface area (Å²) in [5.74, 6) is 0.553. The van der Waals surface area contributed by atoms with Gasteiger partial charge in [0.15, 0.2) is 11.5 Å². The monoisotopic (exact) mass is 225 g/mol. The first-order valence-electron chi connectivity index (χ1n) is 5.12. The zero-order chi connectivity index (χ0) is 12.3. The Morgan fingerprint density at radius 2 is 1.71 bits per heavy atom. The second-order valence-electron chi connectivity index (χ2n) is 3.58. The summed E-state index contributed by atoms with van der Waals surface area (Å²) in [6.45, 7) is 0. The van der Waals surface area contributed by atoms with Gasteiger partial charge in [0.2, 0.25) is 0 Å². The second-order valence-corrected chi connectivity index (χ2v) is 3.58. The highest BCUT2D eigenvalue weighted by Gasteiger charge is 2.04. The maximum absolute atomic E-state index is 9.50. The Kier molecular flexibility index (Phi) is 2.97. The molecule has 0 saturated carbocycles. The van der Waals surface area contributed by atoms with Gasteiger partial charge in [-0.25, -0.2) is 0 Å². The Morgan fingerprint density at radius 1 is 1.06 bits per heavy atom. The molecule has 0 aliphatic heterocycles. The maximum Gasteiger partial charge on any atom is 0.161 e. The summed E-state index contributed by atoms with van der Waals surface area (Å²) in [5, 5.41) is 18.2. The summed E-state index contributed by atoms with van der Waals surface area (Å²) in [6, 6.07) is 14.5. The van der Waals surface area contributed by atoms with Crippen LogP contribution >= 0.6 is 0 Å². The Hall–Kier alpha value is -2.47. The average molecular weight is 225 g/mol. The van der Waals surface area contributed by atoms with E-state index in [1.54, 1.807) is 30.3 Å². The van der Waals surface area contributed by atoms with Crippen LogP contribution in [0.3, 0.4) is 0 Å². The number of ether oxygens (including phenoxy) is 1. The molecule has 0 unspecified atom stereocenters. The van der Waals surface area contributed by atoms with E-state index in [4.69, 9.17) is 10.00 Å². The number of hydrogen-bond donors (Lipinski definition) is 1. The van der Waals surface area contributed by atoms with Gasteiger partial charge < -0.3 is 9.84 Å². The van der Waals surface area contributed by atoms with Crippen LogP contribution in [0.25, 0.3) is 11.1 Å². The van der Waals surface area contributed by atoms with E-state index in [1.807, 2.05) is 12.1 Å². The van der Waals surface area contributed by atoms with Crippen LogP contribution < -0.4 is 4.74 Å². The topological polar surface area (TPSA) is 53.2 Å². The zero-order valence-corrected chi connectivity index (χ0v) is 9.34. The van der Waals surface area contributed by atoms with Crippen molar-refractivity contribution >= 4 is 0 Å². The van der Waals surface area contributed by atoms with Crippen LogP contribution in [0.15, 0.2) is 42.5 Å². The zero-order valence-electron chi connectivity index (χ0n) is 9.34. The molecule has 2 rings (SSSR count). The number of aromatic hydroxyl groups is 1. The number of nitrogens with zero attached hydrogens (tertiary/aromatic N) is 1. The summed E-state index contributed by atoms with van der Waals surface area (Å²) >= 11 is 0. The van der Waals surface area contributed by atoms with Crippen LogP contribution in [-0.2, 0) is 0 Å². The summed E-state index contributed by atoms with van der Waals surface area (Å²) < 4.78 is 5.05. The Labute approximate surface area is 99.5 Å². The van der Waals surface area contributed by atoms with Gasteiger partial charge >= 0.3 is 0 Å². The second kappa shape index (κ2) is 4.58. The van der Waals surface area contributed by atoms with Crippen molar-refractivity contribution in [3.63, 3.8) is 0 Å². The van der Waals surface area contributed by atoms with Crippen LogP contribution in [0.1, 0.15) is 5.56 Å². The van der Waals surface area contributed by atoms with Crippen LogP contribution in [0.5, 0.6) is 11.5 Å². The highest BCUT2D eigenvalue weighted by Crippen LogP contribution is 2.31. The van der Waals surface area contributed by atoms with Gasteiger partial charge in [0.25, 0.3) is 0 Å². The fourth-order valence-corrected chi connectivity index (χ4v) is 1.59.